The van der Waals surface area contributed by atoms with Crippen molar-refractivity contribution in [1.29, 1.82) is 0 Å². The molecule has 0 aromatic heterocycles. The molecular weight excluding hydrogens is 248 g/mol. The van der Waals surface area contributed by atoms with Crippen molar-refractivity contribution in [2.75, 3.05) is 19.7 Å². The van der Waals surface area contributed by atoms with E-state index in [-0.39, 0.29) is 5.54 Å². The van der Waals surface area contributed by atoms with Gasteiger partial charge in [-0.25, -0.2) is 0 Å². The van der Waals surface area contributed by atoms with Crippen LogP contribution in [0.2, 0.25) is 0 Å². The van der Waals surface area contributed by atoms with E-state index in [0.29, 0.717) is 23.6 Å². The van der Waals surface area contributed by atoms with Crippen LogP contribution in [0.5, 0.6) is 0 Å². The highest BCUT2D eigenvalue weighted by Gasteiger charge is 2.53. The third kappa shape index (κ3) is 2.32. The van der Waals surface area contributed by atoms with E-state index in [4.69, 9.17) is 4.74 Å². The minimum atomic E-state index is 0.215. The van der Waals surface area contributed by atoms with E-state index in [0.717, 1.165) is 19.1 Å². The van der Waals surface area contributed by atoms with Gasteiger partial charge in [0.05, 0.1) is 6.10 Å². The Morgan fingerprint density at radius 1 is 1.25 bits per heavy atom. The van der Waals surface area contributed by atoms with Crippen LogP contribution in [-0.4, -0.2) is 47.8 Å². The summed E-state index contributed by atoms with van der Waals surface area (Å²) in [6.07, 6.45) is 4.35. The predicted molar refractivity (Wildman–Crippen MR) is 82.9 cm³/mol. The number of nitrogens with one attached hydrogen (secondary N) is 1. The zero-order valence-corrected chi connectivity index (χ0v) is 13.9. The molecule has 4 unspecified atom stereocenters. The quantitative estimate of drug-likeness (QED) is 0.860. The molecule has 0 aromatic carbocycles. The van der Waals surface area contributed by atoms with Gasteiger partial charge >= 0.3 is 0 Å². The zero-order chi connectivity index (χ0) is 14.5. The van der Waals surface area contributed by atoms with Crippen molar-refractivity contribution in [2.45, 2.75) is 77.1 Å². The Morgan fingerprint density at radius 3 is 2.45 bits per heavy atom. The molecule has 3 fully saturated rings. The number of hydrogen-bond acceptors (Lipinski definition) is 3. The number of rotatable bonds is 3. The maximum Gasteiger partial charge on any atom is 0.0728 e. The Kier molecular flexibility index (Phi) is 3.67. The first-order valence-corrected chi connectivity index (χ1v) is 8.50. The molecule has 0 radical (unpaired) electrons. The first-order chi connectivity index (χ1) is 9.37. The molecule has 1 saturated carbocycles. The highest BCUT2D eigenvalue weighted by Crippen LogP contribution is 2.45. The van der Waals surface area contributed by atoms with Crippen LogP contribution in [0, 0.1) is 11.8 Å². The molecule has 3 heteroatoms. The Hall–Kier alpha value is -0.120. The molecule has 116 valence electrons. The van der Waals surface area contributed by atoms with Gasteiger partial charge in [0.15, 0.2) is 0 Å². The van der Waals surface area contributed by atoms with Crippen LogP contribution in [0.25, 0.3) is 0 Å². The summed E-state index contributed by atoms with van der Waals surface area (Å²) in [5.41, 5.74) is 0.532. The summed E-state index contributed by atoms with van der Waals surface area (Å²) in [5.74, 6) is 1.58. The van der Waals surface area contributed by atoms with Crippen LogP contribution in [-0.2, 0) is 4.74 Å². The van der Waals surface area contributed by atoms with Crippen LogP contribution in [0.15, 0.2) is 0 Å². The van der Waals surface area contributed by atoms with Gasteiger partial charge in [-0.3, -0.25) is 4.90 Å². The van der Waals surface area contributed by atoms with Crippen molar-refractivity contribution in [3.05, 3.63) is 0 Å². The molecule has 0 aromatic rings. The molecule has 0 amide bonds. The molecule has 20 heavy (non-hydrogen) atoms. The summed E-state index contributed by atoms with van der Waals surface area (Å²) in [7, 11) is 0. The maximum atomic E-state index is 5.93. The SMILES string of the molecule is CC(C)C1CNC(C)(C2CC2)CN1C1(C)CCOC1C. The van der Waals surface area contributed by atoms with Gasteiger partial charge in [0.1, 0.15) is 0 Å². The van der Waals surface area contributed by atoms with E-state index in [2.05, 4.69) is 44.8 Å². The molecule has 0 bridgehead atoms. The lowest BCUT2D eigenvalue weighted by atomic mass is 9.81. The maximum absolute atomic E-state index is 5.93. The Labute approximate surface area is 124 Å². The largest absolute Gasteiger partial charge is 0.377 e. The Balaban J connectivity index is 1.85. The van der Waals surface area contributed by atoms with Crippen LogP contribution in [0.1, 0.15) is 53.9 Å². The Morgan fingerprint density at radius 2 is 1.95 bits per heavy atom. The van der Waals surface area contributed by atoms with Gasteiger partial charge < -0.3 is 10.1 Å². The molecule has 0 spiro atoms. The zero-order valence-electron chi connectivity index (χ0n) is 13.9. The Bertz CT molecular complexity index is 368. The molecule has 1 N–H and O–H groups in total. The molecule has 2 saturated heterocycles. The second-order valence-corrected chi connectivity index (χ2v) is 8.13. The van der Waals surface area contributed by atoms with Crippen molar-refractivity contribution in [3.63, 3.8) is 0 Å². The molecule has 2 heterocycles. The van der Waals surface area contributed by atoms with Gasteiger partial charge in [-0.2, -0.15) is 0 Å². The van der Waals surface area contributed by atoms with E-state index in [1.54, 1.807) is 0 Å². The van der Waals surface area contributed by atoms with E-state index >= 15 is 0 Å². The lowest BCUT2D eigenvalue weighted by Gasteiger charge is -2.55. The van der Waals surface area contributed by atoms with Crippen LogP contribution in [0.3, 0.4) is 0 Å². The number of hydrogen-bond donors (Lipinski definition) is 1. The van der Waals surface area contributed by atoms with Crippen molar-refractivity contribution < 1.29 is 4.74 Å². The fourth-order valence-electron chi connectivity index (χ4n) is 4.33. The fourth-order valence-corrected chi connectivity index (χ4v) is 4.33. The molecule has 4 atom stereocenters. The summed E-state index contributed by atoms with van der Waals surface area (Å²) >= 11 is 0. The second kappa shape index (κ2) is 4.96. The molecule has 1 aliphatic carbocycles. The van der Waals surface area contributed by atoms with Crippen LogP contribution >= 0.6 is 0 Å². The van der Waals surface area contributed by atoms with Crippen LogP contribution in [0.4, 0.5) is 0 Å². The van der Waals surface area contributed by atoms with E-state index < -0.39 is 0 Å². The van der Waals surface area contributed by atoms with Gasteiger partial charge in [-0.05, 0) is 51.9 Å². The number of ether oxygens (including phenoxy) is 1. The van der Waals surface area contributed by atoms with E-state index in [1.165, 1.54) is 25.8 Å². The average Bonchev–Trinajstić information content (AvgIpc) is 3.18. The predicted octanol–water partition coefficient (Wildman–Crippen LogP) is 2.65. The summed E-state index contributed by atoms with van der Waals surface area (Å²) in [4.78, 5) is 2.81. The third-order valence-electron chi connectivity index (χ3n) is 6.37. The van der Waals surface area contributed by atoms with Crippen LogP contribution < -0.4 is 5.32 Å². The topological polar surface area (TPSA) is 24.5 Å². The number of nitrogens with zero attached hydrogens (tertiary/aromatic N) is 1. The minimum Gasteiger partial charge on any atom is -0.377 e. The standard InChI is InChI=1S/C17H32N2O/c1-12(2)15-10-18-16(4,14-6-7-14)11-19(15)17(5)8-9-20-13(17)3/h12-15,18H,6-11H2,1-5H3. The van der Waals surface area contributed by atoms with Crippen molar-refractivity contribution in [2.24, 2.45) is 11.8 Å². The normalized spacial score (nSPS) is 47.1. The minimum absolute atomic E-state index is 0.215. The first-order valence-electron chi connectivity index (χ1n) is 8.50. The first kappa shape index (κ1) is 14.8. The number of piperazine rings is 1. The van der Waals surface area contributed by atoms with Crippen molar-refractivity contribution in [3.8, 4) is 0 Å². The second-order valence-electron chi connectivity index (χ2n) is 8.13. The lowest BCUT2D eigenvalue weighted by Crippen LogP contribution is -2.71. The highest BCUT2D eigenvalue weighted by molar-refractivity contribution is 5.09. The molecule has 2 aliphatic heterocycles. The summed E-state index contributed by atoms with van der Waals surface area (Å²) in [6.45, 7) is 15.1. The van der Waals surface area contributed by atoms with Gasteiger partial charge in [0, 0.05) is 36.8 Å². The molecule has 3 rings (SSSR count). The smallest absolute Gasteiger partial charge is 0.0728 e. The van der Waals surface area contributed by atoms with Crippen molar-refractivity contribution >= 4 is 0 Å². The summed E-state index contributed by atoms with van der Waals surface area (Å²) < 4.78 is 5.93. The summed E-state index contributed by atoms with van der Waals surface area (Å²) in [5, 5.41) is 3.89. The fraction of sp³-hybridized carbons (Fsp3) is 1.00. The van der Waals surface area contributed by atoms with E-state index in [1.807, 2.05) is 0 Å². The van der Waals surface area contributed by atoms with Gasteiger partial charge in [0.2, 0.25) is 0 Å². The van der Waals surface area contributed by atoms with Gasteiger partial charge in [-0.1, -0.05) is 13.8 Å². The van der Waals surface area contributed by atoms with Gasteiger partial charge in [0.25, 0.3) is 0 Å². The van der Waals surface area contributed by atoms with Gasteiger partial charge in [-0.15, -0.1) is 0 Å². The van der Waals surface area contributed by atoms with Crippen molar-refractivity contribution in [1.82, 2.24) is 10.2 Å². The highest BCUT2D eigenvalue weighted by atomic mass is 16.5. The summed E-state index contributed by atoms with van der Waals surface area (Å²) in [6, 6.07) is 0.635. The third-order valence-corrected chi connectivity index (χ3v) is 6.37. The average molecular weight is 280 g/mol. The monoisotopic (exact) mass is 280 g/mol. The molecular formula is C17H32N2O. The van der Waals surface area contributed by atoms with E-state index in [9.17, 15) is 0 Å². The molecule has 3 nitrogen and oxygen atoms in total. The lowest BCUT2D eigenvalue weighted by molar-refractivity contribution is -0.0562. The molecule has 3 aliphatic rings.